The molecule has 1 rings (SSSR count). The summed E-state index contributed by atoms with van der Waals surface area (Å²) in [6, 6.07) is 8.69. The molecular weight excluding hydrogens is 292 g/mol. The van der Waals surface area contributed by atoms with Crippen molar-refractivity contribution in [3.05, 3.63) is 42.5 Å². The van der Waals surface area contributed by atoms with Crippen LogP contribution < -0.4 is 0 Å². The Morgan fingerprint density at radius 3 is 2.38 bits per heavy atom. The minimum absolute atomic E-state index is 0.0534. The first-order chi connectivity index (χ1) is 9.93. The molecule has 0 radical (unpaired) electrons. The van der Waals surface area contributed by atoms with Crippen molar-refractivity contribution in [3.8, 4) is 0 Å². The van der Waals surface area contributed by atoms with Crippen molar-refractivity contribution < 1.29 is 23.6 Å². The third kappa shape index (κ3) is 5.61. The molecule has 0 aliphatic rings. The van der Waals surface area contributed by atoms with Crippen LogP contribution in [-0.2, 0) is 30.2 Å². The molecule has 0 saturated heterocycles. The van der Waals surface area contributed by atoms with E-state index in [-0.39, 0.29) is 18.8 Å². The summed E-state index contributed by atoms with van der Waals surface area (Å²) in [6.07, 6.45) is 0. The molecule has 6 heteroatoms. The van der Waals surface area contributed by atoms with Gasteiger partial charge in [-0.2, -0.15) is 0 Å². The van der Waals surface area contributed by atoms with E-state index in [1.54, 1.807) is 30.3 Å². The number of esters is 2. The van der Waals surface area contributed by atoms with E-state index in [1.807, 2.05) is 0 Å². The molecule has 0 spiro atoms. The second-order valence-electron chi connectivity index (χ2n) is 4.34. The predicted molar refractivity (Wildman–Crippen MR) is 79.0 cm³/mol. The number of benzene rings is 1. The van der Waals surface area contributed by atoms with Gasteiger partial charge >= 0.3 is 11.9 Å². The molecule has 0 amide bonds. The Balaban J connectivity index is 2.38. The molecule has 0 aromatic heterocycles. The van der Waals surface area contributed by atoms with Crippen LogP contribution in [-0.4, -0.2) is 35.0 Å². The molecule has 0 bridgehead atoms. The molecule has 5 nitrogen and oxygen atoms in total. The number of hydrogen-bond acceptors (Lipinski definition) is 5. The zero-order valence-electron chi connectivity index (χ0n) is 12.0. The lowest BCUT2D eigenvalue weighted by atomic mass is 10.4. The Hall–Kier alpha value is -1.79. The minimum Gasteiger partial charge on any atom is -0.611 e. The van der Waals surface area contributed by atoms with Crippen molar-refractivity contribution in [2.75, 3.05) is 13.2 Å². The van der Waals surface area contributed by atoms with Gasteiger partial charge in [0.2, 0.25) is 5.25 Å². The van der Waals surface area contributed by atoms with E-state index in [0.717, 1.165) is 0 Å². The zero-order valence-corrected chi connectivity index (χ0v) is 12.9. The van der Waals surface area contributed by atoms with Gasteiger partial charge in [-0.05, 0) is 37.2 Å². The molecule has 21 heavy (non-hydrogen) atoms. The van der Waals surface area contributed by atoms with Gasteiger partial charge < -0.3 is 14.0 Å². The molecule has 1 aromatic carbocycles. The number of carbonyl (C=O) groups is 2. The van der Waals surface area contributed by atoms with Gasteiger partial charge in [-0.15, -0.1) is 0 Å². The lowest BCUT2D eigenvalue weighted by molar-refractivity contribution is -0.149. The maximum absolute atomic E-state index is 12.1. The van der Waals surface area contributed by atoms with Gasteiger partial charge in [-0.3, -0.25) is 0 Å². The quantitative estimate of drug-likeness (QED) is 0.332. The van der Waals surface area contributed by atoms with E-state index < -0.39 is 28.4 Å². The molecule has 0 aliphatic heterocycles. The van der Waals surface area contributed by atoms with Crippen LogP contribution in [0.4, 0.5) is 0 Å². The van der Waals surface area contributed by atoms with E-state index in [2.05, 4.69) is 6.58 Å². The van der Waals surface area contributed by atoms with Crippen LogP contribution in [0.3, 0.4) is 0 Å². The van der Waals surface area contributed by atoms with Crippen molar-refractivity contribution in [1.29, 1.82) is 0 Å². The molecule has 1 aromatic rings. The van der Waals surface area contributed by atoms with Crippen LogP contribution >= 0.6 is 0 Å². The molecule has 0 N–H and O–H groups in total. The zero-order chi connectivity index (χ0) is 15.8. The van der Waals surface area contributed by atoms with Crippen molar-refractivity contribution in [1.82, 2.24) is 0 Å². The second kappa shape index (κ2) is 8.49. The Bertz CT molecular complexity index is 500. The predicted octanol–water partition coefficient (Wildman–Crippen LogP) is 1.85. The fourth-order valence-corrected chi connectivity index (χ4v) is 2.44. The SMILES string of the molecule is C=C(C)C(=O)OCCOC(=O)C(C)[S+]([O-])c1ccccc1. The monoisotopic (exact) mass is 310 g/mol. The first-order valence-electron chi connectivity index (χ1n) is 6.38. The van der Waals surface area contributed by atoms with Crippen LogP contribution in [0.5, 0.6) is 0 Å². The lowest BCUT2D eigenvalue weighted by Gasteiger charge is -2.16. The molecule has 0 aliphatic carbocycles. The molecule has 0 heterocycles. The lowest BCUT2D eigenvalue weighted by Crippen LogP contribution is -2.30. The highest BCUT2D eigenvalue weighted by Crippen LogP contribution is 2.16. The normalized spacial score (nSPS) is 13.1. The second-order valence-corrected chi connectivity index (χ2v) is 6.11. The topological polar surface area (TPSA) is 75.7 Å². The van der Waals surface area contributed by atoms with Gasteiger partial charge in [-0.1, -0.05) is 24.8 Å². The van der Waals surface area contributed by atoms with E-state index >= 15 is 0 Å². The molecule has 2 unspecified atom stereocenters. The third-order valence-electron chi connectivity index (χ3n) is 2.54. The highest BCUT2D eigenvalue weighted by Gasteiger charge is 2.28. The number of hydrogen-bond donors (Lipinski definition) is 0. The van der Waals surface area contributed by atoms with Crippen LogP contribution in [0.2, 0.25) is 0 Å². The highest BCUT2D eigenvalue weighted by molar-refractivity contribution is 7.92. The maximum atomic E-state index is 12.1. The highest BCUT2D eigenvalue weighted by atomic mass is 32.2. The van der Waals surface area contributed by atoms with E-state index in [9.17, 15) is 14.1 Å². The van der Waals surface area contributed by atoms with Crippen molar-refractivity contribution in [2.45, 2.75) is 24.0 Å². The Morgan fingerprint density at radius 2 is 1.81 bits per heavy atom. The molecule has 0 saturated carbocycles. The maximum Gasteiger partial charge on any atom is 0.359 e. The summed E-state index contributed by atoms with van der Waals surface area (Å²) in [5.41, 5.74) is 0.278. The van der Waals surface area contributed by atoms with Crippen LogP contribution in [0.15, 0.2) is 47.4 Å². The first-order valence-corrected chi connectivity index (χ1v) is 7.59. The van der Waals surface area contributed by atoms with Crippen LogP contribution in [0.1, 0.15) is 13.8 Å². The number of ether oxygens (including phenoxy) is 2. The molecule has 114 valence electrons. The standard InChI is InChI=1S/C15H18O5S/c1-11(2)14(16)19-9-10-20-15(17)12(3)21(18)13-7-5-4-6-8-13/h4-8,12H,1,9-10H2,2-3H3. The van der Waals surface area contributed by atoms with Gasteiger partial charge in [-0.25, -0.2) is 9.59 Å². The Labute approximate surface area is 127 Å². The van der Waals surface area contributed by atoms with Gasteiger partial charge in [0.1, 0.15) is 13.2 Å². The summed E-state index contributed by atoms with van der Waals surface area (Å²) in [7, 11) is 0. The summed E-state index contributed by atoms with van der Waals surface area (Å²) < 4.78 is 21.9. The van der Waals surface area contributed by atoms with Gasteiger partial charge in [0.15, 0.2) is 4.90 Å². The van der Waals surface area contributed by atoms with E-state index in [1.165, 1.54) is 13.8 Å². The number of rotatable bonds is 7. The Morgan fingerprint density at radius 1 is 1.24 bits per heavy atom. The van der Waals surface area contributed by atoms with Crippen molar-refractivity contribution in [2.24, 2.45) is 0 Å². The summed E-state index contributed by atoms with van der Waals surface area (Å²) in [5.74, 6) is -1.13. The Kier molecular flexibility index (Phi) is 6.98. The van der Waals surface area contributed by atoms with Gasteiger partial charge in [0.05, 0.1) is 0 Å². The summed E-state index contributed by atoms with van der Waals surface area (Å²) in [4.78, 5) is 23.4. The largest absolute Gasteiger partial charge is 0.611 e. The summed E-state index contributed by atoms with van der Waals surface area (Å²) in [5, 5.41) is -0.788. The average molecular weight is 310 g/mol. The molecule has 0 fully saturated rings. The molecular formula is C15H18O5S. The van der Waals surface area contributed by atoms with Gasteiger partial charge in [0.25, 0.3) is 0 Å². The average Bonchev–Trinajstić information content (AvgIpc) is 2.50. The molecule has 2 atom stereocenters. The van der Waals surface area contributed by atoms with Crippen molar-refractivity contribution in [3.63, 3.8) is 0 Å². The van der Waals surface area contributed by atoms with E-state index in [0.29, 0.717) is 4.90 Å². The van der Waals surface area contributed by atoms with Crippen LogP contribution in [0, 0.1) is 0 Å². The smallest absolute Gasteiger partial charge is 0.359 e. The first kappa shape index (κ1) is 17.3. The van der Waals surface area contributed by atoms with Gasteiger partial charge in [0, 0.05) is 5.57 Å². The number of carbonyl (C=O) groups excluding carboxylic acids is 2. The third-order valence-corrected chi connectivity index (χ3v) is 4.11. The fourth-order valence-electron chi connectivity index (χ4n) is 1.36. The summed E-state index contributed by atoms with van der Waals surface area (Å²) in [6.45, 7) is 6.36. The fraction of sp³-hybridized carbons (Fsp3) is 0.333. The minimum atomic E-state index is -1.48. The van der Waals surface area contributed by atoms with Crippen molar-refractivity contribution >= 4 is 23.1 Å². The van der Waals surface area contributed by atoms with Crippen LogP contribution in [0.25, 0.3) is 0 Å². The van der Waals surface area contributed by atoms with E-state index in [4.69, 9.17) is 9.47 Å². The summed E-state index contributed by atoms with van der Waals surface area (Å²) >= 11 is -1.48.